The molecule has 4 rings (SSSR count). The Kier molecular flexibility index (Phi) is 5.71. The molecular formula is C21H20N6OS. The molecule has 2 aromatic carbocycles. The van der Waals surface area contributed by atoms with E-state index in [-0.39, 0.29) is 0 Å². The number of rotatable bonds is 8. The van der Waals surface area contributed by atoms with Gasteiger partial charge in [0.1, 0.15) is 5.75 Å². The highest BCUT2D eigenvalue weighted by molar-refractivity contribution is 7.98. The third-order valence-corrected chi connectivity index (χ3v) is 5.25. The average Bonchev–Trinajstić information content (AvgIpc) is 3.41. The predicted octanol–water partition coefficient (Wildman–Crippen LogP) is 4.01. The van der Waals surface area contributed by atoms with Crippen molar-refractivity contribution < 1.29 is 4.74 Å². The highest BCUT2D eigenvalue weighted by atomic mass is 32.2. The number of para-hydroxylation sites is 1. The molecule has 0 aliphatic heterocycles. The molecule has 0 aliphatic carbocycles. The summed E-state index contributed by atoms with van der Waals surface area (Å²) in [6.07, 6.45) is 3.62. The maximum atomic E-state index is 5.23. The summed E-state index contributed by atoms with van der Waals surface area (Å²) in [6, 6.07) is 17.6. The van der Waals surface area contributed by atoms with E-state index in [4.69, 9.17) is 4.74 Å². The molecule has 0 fully saturated rings. The summed E-state index contributed by atoms with van der Waals surface area (Å²) in [7, 11) is 1.65. The van der Waals surface area contributed by atoms with Gasteiger partial charge in [0, 0.05) is 17.9 Å². The van der Waals surface area contributed by atoms with Crippen LogP contribution in [0.5, 0.6) is 5.75 Å². The Morgan fingerprint density at radius 3 is 2.59 bits per heavy atom. The SMILES string of the molecule is C=CCn1c(SCc2cnn(-c3ccccc3)n2)nnc1-c1ccc(OC)cc1. The molecule has 0 unspecified atom stereocenters. The fourth-order valence-electron chi connectivity index (χ4n) is 2.83. The molecule has 2 aromatic heterocycles. The van der Waals surface area contributed by atoms with Crippen molar-refractivity contribution in [2.75, 3.05) is 7.11 Å². The second kappa shape index (κ2) is 8.74. The summed E-state index contributed by atoms with van der Waals surface area (Å²) in [5, 5.41) is 18.5. The van der Waals surface area contributed by atoms with Crippen LogP contribution in [0.25, 0.3) is 17.1 Å². The van der Waals surface area contributed by atoms with Crippen LogP contribution >= 0.6 is 11.8 Å². The van der Waals surface area contributed by atoms with Gasteiger partial charge in [-0.1, -0.05) is 36.0 Å². The number of aromatic nitrogens is 6. The fraction of sp³-hybridized carbons (Fsp3) is 0.143. The molecule has 0 radical (unpaired) electrons. The smallest absolute Gasteiger partial charge is 0.192 e. The largest absolute Gasteiger partial charge is 0.497 e. The van der Waals surface area contributed by atoms with Gasteiger partial charge in [0.05, 0.1) is 24.7 Å². The fourth-order valence-corrected chi connectivity index (χ4v) is 3.65. The van der Waals surface area contributed by atoms with Crippen molar-refractivity contribution in [2.24, 2.45) is 0 Å². The van der Waals surface area contributed by atoms with Gasteiger partial charge in [-0.15, -0.1) is 16.8 Å². The Morgan fingerprint density at radius 1 is 1.07 bits per heavy atom. The topological polar surface area (TPSA) is 70.7 Å². The van der Waals surface area contributed by atoms with Crippen molar-refractivity contribution in [3.8, 4) is 22.8 Å². The highest BCUT2D eigenvalue weighted by Gasteiger charge is 2.14. The van der Waals surface area contributed by atoms with E-state index in [0.717, 1.165) is 33.7 Å². The van der Waals surface area contributed by atoms with Crippen LogP contribution in [0.1, 0.15) is 5.69 Å². The van der Waals surface area contributed by atoms with Crippen LogP contribution in [0, 0.1) is 0 Å². The molecule has 29 heavy (non-hydrogen) atoms. The third kappa shape index (κ3) is 4.22. The van der Waals surface area contributed by atoms with E-state index in [1.165, 1.54) is 0 Å². The first-order valence-electron chi connectivity index (χ1n) is 9.06. The number of allylic oxidation sites excluding steroid dienone is 1. The molecular weight excluding hydrogens is 384 g/mol. The van der Waals surface area contributed by atoms with E-state index < -0.39 is 0 Å². The van der Waals surface area contributed by atoms with Gasteiger partial charge in [-0.2, -0.15) is 15.0 Å². The zero-order valence-corrected chi connectivity index (χ0v) is 16.8. The zero-order valence-electron chi connectivity index (χ0n) is 16.0. The molecule has 0 amide bonds. The van der Waals surface area contributed by atoms with E-state index >= 15 is 0 Å². The molecule has 4 aromatic rings. The number of methoxy groups -OCH3 is 1. The summed E-state index contributed by atoms with van der Waals surface area (Å²) in [6.45, 7) is 4.48. The van der Waals surface area contributed by atoms with Gasteiger partial charge < -0.3 is 4.74 Å². The minimum Gasteiger partial charge on any atom is -0.497 e. The van der Waals surface area contributed by atoms with Gasteiger partial charge in [0.15, 0.2) is 11.0 Å². The Labute approximate surface area is 173 Å². The first-order valence-corrected chi connectivity index (χ1v) is 10.0. The van der Waals surface area contributed by atoms with E-state index in [1.54, 1.807) is 29.9 Å². The molecule has 0 aliphatic rings. The van der Waals surface area contributed by atoms with Crippen LogP contribution in [-0.2, 0) is 12.3 Å². The van der Waals surface area contributed by atoms with Crippen molar-refractivity contribution in [3.05, 3.63) is 79.1 Å². The van der Waals surface area contributed by atoms with E-state index in [2.05, 4.69) is 27.0 Å². The van der Waals surface area contributed by atoms with E-state index in [0.29, 0.717) is 12.3 Å². The second-order valence-electron chi connectivity index (χ2n) is 6.18. The average molecular weight is 404 g/mol. The van der Waals surface area contributed by atoms with Crippen molar-refractivity contribution >= 4 is 11.8 Å². The molecule has 146 valence electrons. The molecule has 0 atom stereocenters. The lowest BCUT2D eigenvalue weighted by atomic mass is 10.2. The predicted molar refractivity (Wildman–Crippen MR) is 113 cm³/mol. The van der Waals surface area contributed by atoms with E-state index in [9.17, 15) is 0 Å². The van der Waals surface area contributed by atoms with Crippen LogP contribution in [0.3, 0.4) is 0 Å². The number of benzene rings is 2. The second-order valence-corrected chi connectivity index (χ2v) is 7.13. The van der Waals surface area contributed by atoms with Crippen LogP contribution in [-0.4, -0.2) is 36.9 Å². The first kappa shape index (κ1) is 18.9. The third-order valence-electron chi connectivity index (χ3n) is 4.25. The molecule has 0 saturated heterocycles. The zero-order chi connectivity index (χ0) is 20.1. The van der Waals surface area contributed by atoms with Crippen molar-refractivity contribution in [1.82, 2.24) is 29.8 Å². The number of nitrogens with zero attached hydrogens (tertiary/aromatic N) is 6. The molecule has 2 heterocycles. The Morgan fingerprint density at radius 2 is 1.86 bits per heavy atom. The number of thioether (sulfide) groups is 1. The molecule has 0 bridgehead atoms. The number of hydrogen-bond acceptors (Lipinski definition) is 6. The van der Waals surface area contributed by atoms with Crippen LogP contribution in [0.15, 0.2) is 78.6 Å². The normalized spacial score (nSPS) is 10.8. The van der Waals surface area contributed by atoms with Crippen molar-refractivity contribution in [1.29, 1.82) is 0 Å². The lowest BCUT2D eigenvalue weighted by Crippen LogP contribution is -2.01. The van der Waals surface area contributed by atoms with Gasteiger partial charge >= 0.3 is 0 Å². The number of ether oxygens (including phenoxy) is 1. The molecule has 0 spiro atoms. The van der Waals surface area contributed by atoms with Gasteiger partial charge in [-0.3, -0.25) is 4.57 Å². The molecule has 8 heteroatoms. The van der Waals surface area contributed by atoms with Gasteiger partial charge in [-0.05, 0) is 36.4 Å². The maximum absolute atomic E-state index is 5.23. The Bertz CT molecular complexity index is 1090. The van der Waals surface area contributed by atoms with Crippen LogP contribution in [0.2, 0.25) is 0 Å². The summed E-state index contributed by atoms with van der Waals surface area (Å²) >= 11 is 1.57. The Balaban J connectivity index is 1.52. The quantitative estimate of drug-likeness (QED) is 0.326. The van der Waals surface area contributed by atoms with Crippen molar-refractivity contribution in [2.45, 2.75) is 17.5 Å². The first-order chi connectivity index (χ1) is 14.3. The maximum Gasteiger partial charge on any atom is 0.192 e. The Hall–Kier alpha value is -3.39. The van der Waals surface area contributed by atoms with Gasteiger partial charge in [-0.25, -0.2) is 0 Å². The van der Waals surface area contributed by atoms with E-state index in [1.807, 2.05) is 65.2 Å². The minimum absolute atomic E-state index is 0.618. The molecule has 0 saturated carbocycles. The number of hydrogen-bond donors (Lipinski definition) is 0. The molecule has 7 nitrogen and oxygen atoms in total. The summed E-state index contributed by atoms with van der Waals surface area (Å²) < 4.78 is 7.27. The minimum atomic E-state index is 0.618. The molecule has 0 N–H and O–H groups in total. The van der Waals surface area contributed by atoms with Crippen molar-refractivity contribution in [3.63, 3.8) is 0 Å². The monoisotopic (exact) mass is 404 g/mol. The lowest BCUT2D eigenvalue weighted by Gasteiger charge is -2.08. The van der Waals surface area contributed by atoms with Gasteiger partial charge in [0.25, 0.3) is 0 Å². The summed E-state index contributed by atoms with van der Waals surface area (Å²) in [5.74, 6) is 2.24. The van der Waals surface area contributed by atoms with Crippen LogP contribution < -0.4 is 4.74 Å². The summed E-state index contributed by atoms with van der Waals surface area (Å²) in [5.41, 5.74) is 2.78. The standard InChI is InChI=1S/C21H20N6OS/c1-3-13-26-20(16-9-11-19(28-2)12-10-16)23-24-21(26)29-15-17-14-22-27(25-17)18-7-5-4-6-8-18/h3-12,14H,1,13,15H2,2H3. The summed E-state index contributed by atoms with van der Waals surface area (Å²) in [4.78, 5) is 1.63. The highest BCUT2D eigenvalue weighted by Crippen LogP contribution is 2.27. The van der Waals surface area contributed by atoms with Gasteiger partial charge in [0.2, 0.25) is 0 Å². The lowest BCUT2D eigenvalue weighted by molar-refractivity contribution is 0.415. The van der Waals surface area contributed by atoms with Crippen LogP contribution in [0.4, 0.5) is 0 Å².